The zero-order chi connectivity index (χ0) is 17.2. The summed E-state index contributed by atoms with van der Waals surface area (Å²) in [5.41, 5.74) is -1.17. The Morgan fingerprint density at radius 2 is 1.78 bits per heavy atom. The van der Waals surface area contributed by atoms with Gasteiger partial charge in [0.1, 0.15) is 6.54 Å². The van der Waals surface area contributed by atoms with Crippen molar-refractivity contribution in [2.45, 2.75) is 37.7 Å². The van der Waals surface area contributed by atoms with Crippen LogP contribution in [-0.4, -0.2) is 34.5 Å². The van der Waals surface area contributed by atoms with Crippen LogP contribution in [0, 0.1) is 0 Å². The van der Waals surface area contributed by atoms with Crippen LogP contribution in [0.4, 0.5) is 17.6 Å². The summed E-state index contributed by atoms with van der Waals surface area (Å²) >= 11 is 0. The van der Waals surface area contributed by atoms with Gasteiger partial charge in [0.25, 0.3) is 5.91 Å². The Morgan fingerprint density at radius 3 is 2.17 bits per heavy atom. The van der Waals surface area contributed by atoms with Gasteiger partial charge in [0.15, 0.2) is 0 Å². The van der Waals surface area contributed by atoms with Gasteiger partial charge in [0, 0.05) is 6.04 Å². The first kappa shape index (κ1) is 17.2. The summed E-state index contributed by atoms with van der Waals surface area (Å²) in [6.07, 6.45) is -4.71. The molecular weight excluding hydrogens is 318 g/mol. The van der Waals surface area contributed by atoms with Crippen molar-refractivity contribution in [3.63, 3.8) is 0 Å². The van der Waals surface area contributed by atoms with Crippen LogP contribution in [0.2, 0.25) is 0 Å². The van der Waals surface area contributed by atoms with E-state index in [2.05, 4.69) is 0 Å². The Labute approximate surface area is 129 Å². The first-order chi connectivity index (χ1) is 10.7. The van der Waals surface area contributed by atoms with Crippen LogP contribution in [0.15, 0.2) is 24.3 Å². The van der Waals surface area contributed by atoms with Crippen molar-refractivity contribution in [2.75, 3.05) is 6.54 Å². The maximum absolute atomic E-state index is 14.3. The molecule has 0 spiro atoms. The minimum atomic E-state index is -4.55. The molecule has 0 saturated heterocycles. The number of carboxylic acids is 1. The number of amides is 1. The minimum Gasteiger partial charge on any atom is -0.480 e. The summed E-state index contributed by atoms with van der Waals surface area (Å²) in [7, 11) is 0. The number of rotatable bonds is 5. The fourth-order valence-electron chi connectivity index (χ4n) is 2.36. The predicted octanol–water partition coefficient (Wildman–Crippen LogP) is 3.18. The highest BCUT2D eigenvalue weighted by Crippen LogP contribution is 2.32. The minimum absolute atomic E-state index is 0.224. The fraction of sp³-hybridized carbons (Fsp3) is 0.467. The number of hydrogen-bond acceptors (Lipinski definition) is 2. The summed E-state index contributed by atoms with van der Waals surface area (Å²) in [6, 6.07) is 2.85. The van der Waals surface area contributed by atoms with Crippen LogP contribution in [0.3, 0.4) is 0 Å². The molecule has 1 unspecified atom stereocenters. The zero-order valence-corrected chi connectivity index (χ0v) is 12.0. The number of carbonyl (C=O) groups excluding carboxylic acids is 1. The van der Waals surface area contributed by atoms with E-state index in [1.54, 1.807) is 0 Å². The number of carboxylic acid groups (broad SMARTS) is 1. The van der Waals surface area contributed by atoms with Gasteiger partial charge < -0.3 is 10.0 Å². The summed E-state index contributed by atoms with van der Waals surface area (Å²) in [5.74, 6) is -2.29. The highest BCUT2D eigenvalue weighted by atomic mass is 19.4. The molecule has 23 heavy (non-hydrogen) atoms. The van der Waals surface area contributed by atoms with E-state index >= 15 is 0 Å². The standard InChI is InChI=1S/C15H15F4NO3/c16-13(9-4-6-10(7-5-9)15(17,18)19)14(23)20(8-12(21)22)11-2-1-3-11/h4-7,11,13H,1-3,8H2,(H,21,22). The molecule has 1 amide bonds. The highest BCUT2D eigenvalue weighted by Gasteiger charge is 2.35. The highest BCUT2D eigenvalue weighted by molar-refractivity contribution is 5.86. The number of nitrogens with zero attached hydrogens (tertiary/aromatic N) is 1. The lowest BCUT2D eigenvalue weighted by Gasteiger charge is -2.37. The molecule has 0 bridgehead atoms. The van der Waals surface area contributed by atoms with E-state index in [4.69, 9.17) is 5.11 Å². The van der Waals surface area contributed by atoms with E-state index in [1.165, 1.54) is 0 Å². The third-order valence-corrected chi connectivity index (χ3v) is 3.85. The van der Waals surface area contributed by atoms with E-state index in [0.717, 1.165) is 23.5 Å². The van der Waals surface area contributed by atoms with Crippen LogP contribution < -0.4 is 0 Å². The molecule has 2 rings (SSSR count). The van der Waals surface area contributed by atoms with Gasteiger partial charge in [-0.05, 0) is 37.0 Å². The smallest absolute Gasteiger partial charge is 0.416 e. The molecule has 1 N–H and O–H groups in total. The van der Waals surface area contributed by atoms with Crippen molar-refractivity contribution in [1.82, 2.24) is 4.90 Å². The lowest BCUT2D eigenvalue weighted by molar-refractivity contribution is -0.150. The average molecular weight is 333 g/mol. The number of benzene rings is 1. The number of carbonyl (C=O) groups is 2. The Morgan fingerprint density at radius 1 is 1.22 bits per heavy atom. The number of hydrogen-bond donors (Lipinski definition) is 1. The fourth-order valence-corrected chi connectivity index (χ4v) is 2.36. The van der Waals surface area contributed by atoms with Crippen LogP contribution in [-0.2, 0) is 15.8 Å². The maximum Gasteiger partial charge on any atom is 0.416 e. The molecule has 1 saturated carbocycles. The third kappa shape index (κ3) is 4.00. The molecular formula is C15H15F4NO3. The topological polar surface area (TPSA) is 57.6 Å². The molecule has 1 fully saturated rings. The van der Waals surface area contributed by atoms with E-state index in [-0.39, 0.29) is 11.6 Å². The Balaban J connectivity index is 2.15. The van der Waals surface area contributed by atoms with Gasteiger partial charge in [0.05, 0.1) is 5.56 Å². The third-order valence-electron chi connectivity index (χ3n) is 3.85. The normalized spacial score (nSPS) is 16.5. The van der Waals surface area contributed by atoms with Gasteiger partial charge in [-0.3, -0.25) is 9.59 Å². The summed E-state index contributed by atoms with van der Waals surface area (Å²) < 4.78 is 51.7. The first-order valence-electron chi connectivity index (χ1n) is 7.03. The lowest BCUT2D eigenvalue weighted by atomic mass is 9.90. The first-order valence-corrected chi connectivity index (χ1v) is 7.03. The molecule has 1 aromatic rings. The Hall–Kier alpha value is -2.12. The second-order valence-electron chi connectivity index (χ2n) is 5.43. The van der Waals surface area contributed by atoms with Crippen molar-refractivity contribution >= 4 is 11.9 Å². The second-order valence-corrected chi connectivity index (χ2v) is 5.43. The SMILES string of the molecule is O=C(O)CN(C(=O)C(F)c1ccc(C(F)(F)F)cc1)C1CCC1. The summed E-state index contributed by atoms with van der Waals surface area (Å²) in [6.45, 7) is -0.620. The molecule has 1 atom stereocenters. The predicted molar refractivity (Wildman–Crippen MR) is 72.3 cm³/mol. The molecule has 126 valence electrons. The molecule has 1 aliphatic carbocycles. The van der Waals surface area contributed by atoms with Crippen LogP contribution in [0.25, 0.3) is 0 Å². The molecule has 4 nitrogen and oxygen atoms in total. The molecule has 0 radical (unpaired) electrons. The van der Waals surface area contributed by atoms with Gasteiger partial charge in [0.2, 0.25) is 6.17 Å². The molecule has 8 heteroatoms. The lowest BCUT2D eigenvalue weighted by Crippen LogP contribution is -2.48. The van der Waals surface area contributed by atoms with Crippen LogP contribution in [0.1, 0.15) is 36.6 Å². The van der Waals surface area contributed by atoms with Crippen molar-refractivity contribution < 1.29 is 32.3 Å². The van der Waals surface area contributed by atoms with E-state index in [0.29, 0.717) is 25.0 Å². The van der Waals surface area contributed by atoms with Crippen molar-refractivity contribution in [3.8, 4) is 0 Å². The van der Waals surface area contributed by atoms with Gasteiger partial charge in [-0.2, -0.15) is 13.2 Å². The van der Waals surface area contributed by atoms with Crippen molar-refractivity contribution in [1.29, 1.82) is 0 Å². The summed E-state index contributed by atoms with van der Waals surface area (Å²) in [5, 5.41) is 8.84. The molecule has 1 aromatic carbocycles. The van der Waals surface area contributed by atoms with E-state index in [1.807, 2.05) is 0 Å². The molecule has 0 aliphatic heterocycles. The number of aliphatic carboxylic acids is 1. The van der Waals surface area contributed by atoms with Crippen LogP contribution >= 0.6 is 0 Å². The van der Waals surface area contributed by atoms with E-state index < -0.39 is 36.3 Å². The average Bonchev–Trinajstić information content (AvgIpc) is 2.42. The number of halogens is 4. The second kappa shape index (κ2) is 6.55. The quantitative estimate of drug-likeness (QED) is 0.842. The molecule has 0 aromatic heterocycles. The van der Waals surface area contributed by atoms with Gasteiger partial charge in [-0.1, -0.05) is 12.1 Å². The Kier molecular flexibility index (Phi) is 4.91. The maximum atomic E-state index is 14.3. The summed E-state index contributed by atoms with van der Waals surface area (Å²) in [4.78, 5) is 23.9. The van der Waals surface area contributed by atoms with E-state index in [9.17, 15) is 27.2 Å². The molecule has 1 aliphatic rings. The number of alkyl halides is 4. The van der Waals surface area contributed by atoms with Gasteiger partial charge in [-0.15, -0.1) is 0 Å². The van der Waals surface area contributed by atoms with Crippen molar-refractivity contribution in [3.05, 3.63) is 35.4 Å². The largest absolute Gasteiger partial charge is 0.480 e. The van der Waals surface area contributed by atoms with Crippen LogP contribution in [0.5, 0.6) is 0 Å². The van der Waals surface area contributed by atoms with Crippen molar-refractivity contribution in [2.24, 2.45) is 0 Å². The Bertz CT molecular complexity index is 581. The molecule has 0 heterocycles. The van der Waals surface area contributed by atoms with Gasteiger partial charge >= 0.3 is 12.1 Å². The zero-order valence-electron chi connectivity index (χ0n) is 12.0. The monoisotopic (exact) mass is 333 g/mol. The van der Waals surface area contributed by atoms with Gasteiger partial charge in [-0.25, -0.2) is 4.39 Å².